The third-order valence-electron chi connectivity index (χ3n) is 3.35. The lowest BCUT2D eigenvalue weighted by Crippen LogP contribution is -2.34. The summed E-state index contributed by atoms with van der Waals surface area (Å²) in [5.74, 6) is -1.20. The van der Waals surface area contributed by atoms with Gasteiger partial charge < -0.3 is 10.4 Å². The van der Waals surface area contributed by atoms with Gasteiger partial charge in [0.05, 0.1) is 11.5 Å². The molecule has 0 heterocycles. The molecule has 0 aromatic heterocycles. The number of halogens is 3. The van der Waals surface area contributed by atoms with E-state index in [0.717, 1.165) is 17.1 Å². The predicted octanol–water partition coefficient (Wildman–Crippen LogP) is 3.48. The molecule has 0 spiro atoms. The highest BCUT2D eigenvalue weighted by Gasteiger charge is 2.31. The molecule has 1 aliphatic carbocycles. The number of carbonyl (C=O) groups is 2. The maximum atomic E-state index is 12.3. The van der Waals surface area contributed by atoms with Crippen LogP contribution in [0.25, 0.3) is 0 Å². The Kier molecular flexibility index (Phi) is 5.91. The standard InChI is InChI=1S/C13H12I3NO3/c14-7-4-9(11(16)10(15)5-7)12(18)17-8-2-1-6(3-8)13(19)20/h4-6,8H,1-3H2,(H,17,18)(H,19,20)/t6-,8+/m1/s1. The Morgan fingerprint density at radius 1 is 1.20 bits per heavy atom. The first-order valence-corrected chi connectivity index (χ1v) is 9.30. The number of carboxylic acid groups (broad SMARTS) is 1. The van der Waals surface area contributed by atoms with Crippen LogP contribution in [0, 0.1) is 16.6 Å². The zero-order valence-corrected chi connectivity index (χ0v) is 16.8. The van der Waals surface area contributed by atoms with E-state index in [9.17, 15) is 9.59 Å². The summed E-state index contributed by atoms with van der Waals surface area (Å²) in [7, 11) is 0. The first-order chi connectivity index (χ1) is 9.38. The number of amides is 1. The van der Waals surface area contributed by atoms with Crippen molar-refractivity contribution in [2.45, 2.75) is 25.3 Å². The average Bonchev–Trinajstić information content (AvgIpc) is 2.82. The van der Waals surface area contributed by atoms with Crippen molar-refractivity contribution in [3.05, 3.63) is 28.4 Å². The molecule has 20 heavy (non-hydrogen) atoms. The second-order valence-electron chi connectivity index (χ2n) is 4.77. The van der Waals surface area contributed by atoms with E-state index in [1.165, 1.54) is 0 Å². The fraction of sp³-hybridized carbons (Fsp3) is 0.385. The van der Waals surface area contributed by atoms with E-state index in [1.807, 2.05) is 12.1 Å². The zero-order valence-electron chi connectivity index (χ0n) is 10.3. The number of nitrogens with one attached hydrogen (secondary N) is 1. The van der Waals surface area contributed by atoms with Gasteiger partial charge in [-0.1, -0.05) is 0 Å². The van der Waals surface area contributed by atoms with Crippen molar-refractivity contribution in [3.8, 4) is 0 Å². The fourth-order valence-corrected chi connectivity index (χ4v) is 4.72. The maximum absolute atomic E-state index is 12.3. The molecular weight excluding hydrogens is 599 g/mol. The Bertz CT molecular complexity index is 562. The van der Waals surface area contributed by atoms with Crippen LogP contribution in [0.1, 0.15) is 29.6 Å². The number of benzene rings is 1. The second-order valence-corrected chi connectivity index (χ2v) is 8.25. The highest BCUT2D eigenvalue weighted by molar-refractivity contribution is 14.1. The van der Waals surface area contributed by atoms with E-state index >= 15 is 0 Å². The Morgan fingerprint density at radius 3 is 2.50 bits per heavy atom. The van der Waals surface area contributed by atoms with Gasteiger partial charge in [-0.25, -0.2) is 0 Å². The van der Waals surface area contributed by atoms with Gasteiger partial charge in [0, 0.05) is 16.8 Å². The zero-order chi connectivity index (χ0) is 14.9. The molecule has 1 saturated carbocycles. The van der Waals surface area contributed by atoms with Gasteiger partial charge in [0.2, 0.25) is 0 Å². The summed E-state index contributed by atoms with van der Waals surface area (Å²) in [5.41, 5.74) is 0.667. The molecular formula is C13H12I3NO3. The van der Waals surface area contributed by atoms with Crippen molar-refractivity contribution in [3.63, 3.8) is 0 Å². The van der Waals surface area contributed by atoms with Crippen LogP contribution in [0.2, 0.25) is 0 Å². The Balaban J connectivity index is 2.08. The second kappa shape index (κ2) is 7.07. The number of carbonyl (C=O) groups excluding carboxylic acids is 1. The van der Waals surface area contributed by atoms with Crippen LogP contribution in [0.15, 0.2) is 12.1 Å². The van der Waals surface area contributed by atoms with Crippen molar-refractivity contribution < 1.29 is 14.7 Å². The van der Waals surface area contributed by atoms with Gasteiger partial charge in [-0.2, -0.15) is 0 Å². The fourth-order valence-electron chi connectivity index (χ4n) is 2.32. The largest absolute Gasteiger partial charge is 0.481 e. The molecule has 1 fully saturated rings. The van der Waals surface area contributed by atoms with Crippen LogP contribution < -0.4 is 5.32 Å². The molecule has 2 atom stereocenters. The molecule has 1 aromatic rings. The summed E-state index contributed by atoms with van der Waals surface area (Å²) in [5, 5.41) is 11.9. The Morgan fingerprint density at radius 2 is 1.90 bits per heavy atom. The van der Waals surface area contributed by atoms with Gasteiger partial charge in [0.1, 0.15) is 0 Å². The number of carboxylic acids is 1. The number of rotatable bonds is 3. The molecule has 0 unspecified atom stereocenters. The maximum Gasteiger partial charge on any atom is 0.306 e. The number of hydrogen-bond donors (Lipinski definition) is 2. The van der Waals surface area contributed by atoms with Gasteiger partial charge in [0.25, 0.3) is 5.91 Å². The van der Waals surface area contributed by atoms with Crippen LogP contribution in [-0.4, -0.2) is 23.0 Å². The van der Waals surface area contributed by atoms with Crippen molar-refractivity contribution >= 4 is 79.6 Å². The molecule has 7 heteroatoms. The van der Waals surface area contributed by atoms with Crippen LogP contribution in [0.3, 0.4) is 0 Å². The van der Waals surface area contributed by atoms with Gasteiger partial charge in [-0.05, 0) is 99.2 Å². The number of hydrogen-bond acceptors (Lipinski definition) is 2. The Hall–Kier alpha value is 0.350. The Labute approximate surface area is 157 Å². The number of aliphatic carboxylic acids is 1. The average molecular weight is 611 g/mol. The lowest BCUT2D eigenvalue weighted by molar-refractivity contribution is -0.141. The minimum Gasteiger partial charge on any atom is -0.481 e. The SMILES string of the molecule is O=C(N[C@H]1CC[C@@H](C(=O)O)C1)c1cc(I)cc(I)c1I. The summed E-state index contributed by atoms with van der Waals surface area (Å²) < 4.78 is 3.01. The van der Waals surface area contributed by atoms with E-state index in [0.29, 0.717) is 18.4 Å². The van der Waals surface area contributed by atoms with Crippen molar-refractivity contribution in [2.24, 2.45) is 5.92 Å². The monoisotopic (exact) mass is 611 g/mol. The molecule has 108 valence electrons. The van der Waals surface area contributed by atoms with E-state index in [-0.39, 0.29) is 17.9 Å². The first-order valence-electron chi connectivity index (χ1n) is 6.06. The summed E-state index contributed by atoms with van der Waals surface area (Å²) in [4.78, 5) is 23.3. The third-order valence-corrected chi connectivity index (χ3v) is 7.02. The van der Waals surface area contributed by atoms with Crippen LogP contribution in [-0.2, 0) is 4.79 Å². The van der Waals surface area contributed by atoms with Gasteiger partial charge in [0.15, 0.2) is 0 Å². The van der Waals surface area contributed by atoms with Crippen molar-refractivity contribution in [1.82, 2.24) is 5.32 Å². The third kappa shape index (κ3) is 3.96. The highest BCUT2D eigenvalue weighted by Crippen LogP contribution is 2.27. The molecule has 1 amide bonds. The summed E-state index contributed by atoms with van der Waals surface area (Å²) in [6, 6.07) is 3.86. The highest BCUT2D eigenvalue weighted by atomic mass is 127. The topological polar surface area (TPSA) is 66.4 Å². The van der Waals surface area contributed by atoms with E-state index in [2.05, 4.69) is 73.1 Å². The van der Waals surface area contributed by atoms with Gasteiger partial charge in [-0.3, -0.25) is 9.59 Å². The normalized spacial score (nSPS) is 21.8. The molecule has 0 bridgehead atoms. The van der Waals surface area contributed by atoms with Gasteiger partial charge >= 0.3 is 5.97 Å². The smallest absolute Gasteiger partial charge is 0.306 e. The molecule has 4 nitrogen and oxygen atoms in total. The first kappa shape index (κ1) is 16.7. The minimum atomic E-state index is -0.764. The molecule has 2 N–H and O–H groups in total. The lowest BCUT2D eigenvalue weighted by atomic mass is 10.1. The van der Waals surface area contributed by atoms with Crippen LogP contribution in [0.4, 0.5) is 0 Å². The van der Waals surface area contributed by atoms with Crippen molar-refractivity contribution in [1.29, 1.82) is 0 Å². The summed E-state index contributed by atoms with van der Waals surface area (Å²) in [6.45, 7) is 0. The van der Waals surface area contributed by atoms with Crippen LogP contribution >= 0.6 is 67.8 Å². The summed E-state index contributed by atoms with van der Waals surface area (Å²) in [6.07, 6.45) is 1.90. The molecule has 0 aliphatic heterocycles. The predicted molar refractivity (Wildman–Crippen MR) is 101 cm³/mol. The molecule has 1 aliphatic rings. The van der Waals surface area contributed by atoms with Crippen LogP contribution in [0.5, 0.6) is 0 Å². The quantitative estimate of drug-likeness (QED) is 0.407. The molecule has 0 radical (unpaired) electrons. The van der Waals surface area contributed by atoms with E-state index in [4.69, 9.17) is 5.11 Å². The van der Waals surface area contributed by atoms with E-state index in [1.54, 1.807) is 0 Å². The molecule has 2 rings (SSSR count). The summed E-state index contributed by atoms with van der Waals surface area (Å²) >= 11 is 6.58. The minimum absolute atomic E-state index is 0.0325. The molecule has 1 aromatic carbocycles. The van der Waals surface area contributed by atoms with Crippen molar-refractivity contribution in [2.75, 3.05) is 0 Å². The molecule has 0 saturated heterocycles. The lowest BCUT2D eigenvalue weighted by Gasteiger charge is -2.14. The van der Waals surface area contributed by atoms with Gasteiger partial charge in [-0.15, -0.1) is 0 Å². The van der Waals surface area contributed by atoms with E-state index < -0.39 is 5.97 Å².